The van der Waals surface area contributed by atoms with Crippen molar-refractivity contribution >= 4 is 23.4 Å². The monoisotopic (exact) mass is 448 g/mol. The molecule has 1 saturated carbocycles. The van der Waals surface area contributed by atoms with Crippen LogP contribution in [0.1, 0.15) is 37.1 Å². The number of nitriles is 1. The molecule has 0 spiro atoms. The molecular weight excluding hydrogens is 424 g/mol. The Balaban J connectivity index is 1.52. The molecule has 1 unspecified atom stereocenters. The minimum absolute atomic E-state index is 0.0256. The summed E-state index contributed by atoms with van der Waals surface area (Å²) in [6, 6.07) is 8.07. The third-order valence-corrected chi connectivity index (χ3v) is 5.76. The highest BCUT2D eigenvalue weighted by Gasteiger charge is 2.30. The van der Waals surface area contributed by atoms with Gasteiger partial charge >= 0.3 is 0 Å². The lowest BCUT2D eigenvalue weighted by molar-refractivity contribution is -0.122. The van der Waals surface area contributed by atoms with E-state index in [0.717, 1.165) is 12.8 Å². The lowest BCUT2D eigenvalue weighted by Gasteiger charge is -2.15. The number of hydrogen-bond acceptors (Lipinski definition) is 6. The van der Waals surface area contributed by atoms with Crippen molar-refractivity contribution in [1.29, 1.82) is 5.26 Å². The van der Waals surface area contributed by atoms with E-state index in [4.69, 9.17) is 0 Å². The Morgan fingerprint density at radius 2 is 2.03 bits per heavy atom. The summed E-state index contributed by atoms with van der Waals surface area (Å²) < 4.78 is 1.26. The molecule has 2 fully saturated rings. The largest absolute Gasteiger partial charge is 0.352 e. The fraction of sp³-hybridized carbons (Fsp3) is 0.391. The average Bonchev–Trinajstić information content (AvgIpc) is 3.56. The predicted molar refractivity (Wildman–Crippen MR) is 119 cm³/mol. The van der Waals surface area contributed by atoms with E-state index in [2.05, 4.69) is 20.9 Å². The minimum atomic E-state index is -0.411. The fourth-order valence-corrected chi connectivity index (χ4v) is 3.74. The summed E-state index contributed by atoms with van der Waals surface area (Å²) in [6.45, 7) is 1.73. The molecule has 10 nitrogen and oxygen atoms in total. The molecule has 2 aliphatic rings. The van der Waals surface area contributed by atoms with E-state index in [-0.39, 0.29) is 36.2 Å². The van der Waals surface area contributed by atoms with E-state index in [0.29, 0.717) is 47.7 Å². The summed E-state index contributed by atoms with van der Waals surface area (Å²) in [4.78, 5) is 53.2. The first-order chi connectivity index (χ1) is 15.8. The molecular formula is C23H24N6O4. The quantitative estimate of drug-likeness (QED) is 0.572. The van der Waals surface area contributed by atoms with Crippen LogP contribution in [0.25, 0.3) is 11.3 Å². The number of amides is 3. The molecule has 2 aromatic rings. The molecule has 1 aliphatic heterocycles. The molecule has 1 saturated heterocycles. The van der Waals surface area contributed by atoms with E-state index in [1.165, 1.54) is 10.6 Å². The smallest absolute Gasteiger partial charge is 0.254 e. The maximum Gasteiger partial charge on any atom is 0.254 e. The average molecular weight is 448 g/mol. The number of hydrogen-bond donors (Lipinski definition) is 3. The van der Waals surface area contributed by atoms with E-state index < -0.39 is 5.56 Å². The van der Waals surface area contributed by atoms with Crippen molar-refractivity contribution < 1.29 is 14.4 Å². The Kier molecular flexibility index (Phi) is 6.22. The highest BCUT2D eigenvalue weighted by molar-refractivity contribution is 5.97. The second kappa shape index (κ2) is 9.24. The maximum absolute atomic E-state index is 12.8. The number of benzene rings is 1. The molecule has 0 radical (unpaired) electrons. The minimum Gasteiger partial charge on any atom is -0.352 e. The maximum atomic E-state index is 12.8. The molecule has 10 heteroatoms. The van der Waals surface area contributed by atoms with E-state index in [1.807, 2.05) is 6.07 Å². The third-order valence-electron chi connectivity index (χ3n) is 5.76. The predicted octanol–water partition coefficient (Wildman–Crippen LogP) is 0.834. The van der Waals surface area contributed by atoms with Crippen LogP contribution in [0.4, 0.5) is 5.69 Å². The highest BCUT2D eigenvalue weighted by Crippen LogP contribution is 2.33. The van der Waals surface area contributed by atoms with Gasteiger partial charge in [0.1, 0.15) is 12.4 Å². The van der Waals surface area contributed by atoms with Crippen LogP contribution in [0, 0.1) is 24.2 Å². The zero-order valence-corrected chi connectivity index (χ0v) is 18.2. The van der Waals surface area contributed by atoms with Gasteiger partial charge in [0.2, 0.25) is 17.7 Å². The van der Waals surface area contributed by atoms with E-state index >= 15 is 0 Å². The first kappa shape index (κ1) is 22.2. The summed E-state index contributed by atoms with van der Waals surface area (Å²) in [5, 5.41) is 17.6. The molecule has 33 heavy (non-hydrogen) atoms. The normalized spacial score (nSPS) is 17.2. The molecule has 3 amide bonds. The number of nitrogens with zero attached hydrogens (tertiary/aromatic N) is 3. The summed E-state index contributed by atoms with van der Waals surface area (Å²) in [5.41, 5.74) is 1.26. The number of nitrogens with one attached hydrogen (secondary N) is 3. The Hall–Kier alpha value is -4.00. The molecule has 1 aliphatic carbocycles. The Bertz CT molecular complexity index is 1220. The van der Waals surface area contributed by atoms with Gasteiger partial charge in [0.25, 0.3) is 5.56 Å². The van der Waals surface area contributed by atoms with Gasteiger partial charge in [-0.15, -0.1) is 0 Å². The number of aryl methyl sites for hydroxylation is 1. The number of carbonyl (C=O) groups excluding carboxylic acids is 3. The number of anilines is 1. The van der Waals surface area contributed by atoms with Crippen molar-refractivity contribution in [1.82, 2.24) is 20.2 Å². The second-order valence-electron chi connectivity index (χ2n) is 8.36. The van der Waals surface area contributed by atoms with Gasteiger partial charge in [-0.05, 0) is 44.4 Å². The Labute approximate surface area is 190 Å². The SMILES string of the molecule is Cc1nc(-c2ccc(C#N)cc2NC(=O)C2CC2)cc(=O)n1CC(=O)NCC1CCC(=O)N1. The van der Waals surface area contributed by atoms with Gasteiger partial charge in [0, 0.05) is 36.6 Å². The zero-order valence-electron chi connectivity index (χ0n) is 18.2. The molecule has 170 valence electrons. The number of rotatable bonds is 7. The van der Waals surface area contributed by atoms with Crippen LogP contribution in [-0.4, -0.2) is 39.9 Å². The van der Waals surface area contributed by atoms with Crippen LogP contribution in [0.2, 0.25) is 0 Å². The molecule has 4 rings (SSSR count). The summed E-state index contributed by atoms with van der Waals surface area (Å²) in [5.74, 6) is -0.192. The molecule has 1 aromatic heterocycles. The fourth-order valence-electron chi connectivity index (χ4n) is 3.74. The van der Waals surface area contributed by atoms with Gasteiger partial charge < -0.3 is 16.0 Å². The van der Waals surface area contributed by atoms with Gasteiger partial charge in [-0.25, -0.2) is 4.98 Å². The molecule has 1 aromatic carbocycles. The summed E-state index contributed by atoms with van der Waals surface area (Å²) >= 11 is 0. The highest BCUT2D eigenvalue weighted by atomic mass is 16.2. The number of aromatic nitrogens is 2. The number of carbonyl (C=O) groups is 3. The van der Waals surface area contributed by atoms with Crippen LogP contribution in [0.5, 0.6) is 0 Å². The molecule has 0 bridgehead atoms. The van der Waals surface area contributed by atoms with Gasteiger partial charge in [-0.1, -0.05) is 0 Å². The third kappa shape index (κ3) is 5.26. The van der Waals surface area contributed by atoms with Crippen molar-refractivity contribution in [2.24, 2.45) is 5.92 Å². The Morgan fingerprint density at radius 3 is 2.67 bits per heavy atom. The van der Waals surface area contributed by atoms with Crippen molar-refractivity contribution in [3.05, 3.63) is 46.0 Å². The van der Waals surface area contributed by atoms with Gasteiger partial charge in [0.15, 0.2) is 0 Å². The van der Waals surface area contributed by atoms with Crippen LogP contribution >= 0.6 is 0 Å². The van der Waals surface area contributed by atoms with Crippen molar-refractivity contribution in [3.63, 3.8) is 0 Å². The lowest BCUT2D eigenvalue weighted by atomic mass is 10.1. The van der Waals surface area contributed by atoms with Crippen LogP contribution in [0.3, 0.4) is 0 Å². The summed E-state index contributed by atoms with van der Waals surface area (Å²) in [7, 11) is 0. The molecule has 2 heterocycles. The van der Waals surface area contributed by atoms with Gasteiger partial charge in [0.05, 0.1) is 23.0 Å². The van der Waals surface area contributed by atoms with Crippen molar-refractivity contribution in [3.8, 4) is 17.3 Å². The van der Waals surface area contributed by atoms with Crippen LogP contribution in [0.15, 0.2) is 29.1 Å². The van der Waals surface area contributed by atoms with Gasteiger partial charge in [-0.2, -0.15) is 5.26 Å². The summed E-state index contributed by atoms with van der Waals surface area (Å²) in [6.07, 6.45) is 2.78. The van der Waals surface area contributed by atoms with E-state index in [9.17, 15) is 24.4 Å². The molecule has 1 atom stereocenters. The van der Waals surface area contributed by atoms with Crippen LogP contribution in [-0.2, 0) is 20.9 Å². The molecule has 3 N–H and O–H groups in total. The first-order valence-corrected chi connectivity index (χ1v) is 10.8. The van der Waals surface area contributed by atoms with E-state index in [1.54, 1.807) is 25.1 Å². The topological polar surface area (TPSA) is 146 Å². The standard InChI is InChI=1S/C23H24N6O4/c1-13-26-19(17-6-2-14(10-24)8-18(17)28-23(33)15-3-4-15)9-22(32)29(13)12-21(31)25-11-16-5-7-20(30)27-16/h2,6,8-9,15-16H,3-5,7,11-12H2,1H3,(H,25,31)(H,27,30)(H,28,33). The van der Waals surface area contributed by atoms with Crippen molar-refractivity contribution in [2.75, 3.05) is 11.9 Å². The van der Waals surface area contributed by atoms with Crippen molar-refractivity contribution in [2.45, 2.75) is 45.2 Å². The first-order valence-electron chi connectivity index (χ1n) is 10.8. The second-order valence-corrected chi connectivity index (χ2v) is 8.36. The van der Waals surface area contributed by atoms with Gasteiger partial charge in [-0.3, -0.25) is 23.7 Å². The lowest BCUT2D eigenvalue weighted by Crippen LogP contribution is -2.41. The zero-order chi connectivity index (χ0) is 23.5. The van der Waals surface area contributed by atoms with Crippen LogP contribution < -0.4 is 21.5 Å². The Morgan fingerprint density at radius 1 is 1.24 bits per heavy atom.